The van der Waals surface area contributed by atoms with E-state index in [4.69, 9.17) is 5.26 Å². The molecular weight excluding hydrogens is 300 g/mol. The standard InChI is InChI=1S/C16H15BrN2/c1-2-3-12-4-7-14(8-5-12)19-16-9-6-13(11-18)10-15(16)17/h4-10,19H,2-3H2,1H3. The van der Waals surface area contributed by atoms with Gasteiger partial charge in [0.2, 0.25) is 0 Å². The highest BCUT2D eigenvalue weighted by atomic mass is 79.9. The van der Waals surface area contributed by atoms with Crippen LogP contribution in [0.3, 0.4) is 0 Å². The van der Waals surface area contributed by atoms with E-state index in [0.29, 0.717) is 5.56 Å². The predicted molar refractivity (Wildman–Crippen MR) is 82.6 cm³/mol. The molecule has 0 amide bonds. The Morgan fingerprint density at radius 2 is 1.89 bits per heavy atom. The van der Waals surface area contributed by atoms with Crippen LogP contribution >= 0.6 is 15.9 Å². The summed E-state index contributed by atoms with van der Waals surface area (Å²) in [5.74, 6) is 0. The van der Waals surface area contributed by atoms with Gasteiger partial charge in [-0.1, -0.05) is 25.5 Å². The van der Waals surface area contributed by atoms with E-state index >= 15 is 0 Å². The Morgan fingerprint density at radius 3 is 2.47 bits per heavy atom. The lowest BCUT2D eigenvalue weighted by Gasteiger charge is -2.09. The van der Waals surface area contributed by atoms with Crippen molar-refractivity contribution in [2.45, 2.75) is 19.8 Å². The molecule has 0 saturated carbocycles. The maximum atomic E-state index is 8.83. The van der Waals surface area contributed by atoms with E-state index in [-0.39, 0.29) is 0 Å². The van der Waals surface area contributed by atoms with Crippen LogP contribution in [-0.2, 0) is 6.42 Å². The molecule has 0 aliphatic carbocycles. The number of aryl methyl sites for hydroxylation is 1. The Kier molecular flexibility index (Phi) is 4.59. The molecule has 1 N–H and O–H groups in total. The van der Waals surface area contributed by atoms with E-state index in [1.54, 1.807) is 6.07 Å². The summed E-state index contributed by atoms with van der Waals surface area (Å²) in [6, 6.07) is 16.1. The maximum absolute atomic E-state index is 8.83. The van der Waals surface area contributed by atoms with Gasteiger partial charge in [0.15, 0.2) is 0 Å². The minimum atomic E-state index is 0.649. The summed E-state index contributed by atoms with van der Waals surface area (Å²) in [6.07, 6.45) is 2.27. The van der Waals surface area contributed by atoms with Crippen LogP contribution in [0.1, 0.15) is 24.5 Å². The summed E-state index contributed by atoms with van der Waals surface area (Å²) in [5, 5.41) is 12.2. The van der Waals surface area contributed by atoms with Gasteiger partial charge in [-0.05, 0) is 58.2 Å². The van der Waals surface area contributed by atoms with Gasteiger partial charge in [-0.15, -0.1) is 0 Å². The SMILES string of the molecule is CCCc1ccc(Nc2ccc(C#N)cc2Br)cc1. The number of rotatable bonds is 4. The second kappa shape index (κ2) is 6.40. The molecule has 0 heterocycles. The van der Waals surface area contributed by atoms with E-state index in [0.717, 1.165) is 28.7 Å². The van der Waals surface area contributed by atoms with Crippen molar-refractivity contribution in [2.75, 3.05) is 5.32 Å². The maximum Gasteiger partial charge on any atom is 0.0992 e. The van der Waals surface area contributed by atoms with Crippen molar-refractivity contribution in [2.24, 2.45) is 0 Å². The van der Waals surface area contributed by atoms with Gasteiger partial charge in [-0.3, -0.25) is 0 Å². The molecule has 0 aliphatic heterocycles. The third-order valence-corrected chi connectivity index (χ3v) is 3.53. The normalized spacial score (nSPS) is 9.95. The first-order valence-corrected chi connectivity index (χ1v) is 7.08. The number of benzene rings is 2. The van der Waals surface area contributed by atoms with Crippen molar-refractivity contribution in [3.63, 3.8) is 0 Å². The van der Waals surface area contributed by atoms with E-state index in [1.807, 2.05) is 12.1 Å². The first-order valence-electron chi connectivity index (χ1n) is 6.28. The molecule has 2 rings (SSSR count). The zero-order chi connectivity index (χ0) is 13.7. The molecule has 19 heavy (non-hydrogen) atoms. The molecule has 96 valence electrons. The van der Waals surface area contributed by atoms with Gasteiger partial charge in [0.25, 0.3) is 0 Å². The Bertz CT molecular complexity index is 597. The van der Waals surface area contributed by atoms with E-state index in [9.17, 15) is 0 Å². The quantitative estimate of drug-likeness (QED) is 0.860. The van der Waals surface area contributed by atoms with Crippen molar-refractivity contribution in [3.05, 3.63) is 58.1 Å². The first kappa shape index (κ1) is 13.6. The van der Waals surface area contributed by atoms with Crippen LogP contribution in [-0.4, -0.2) is 0 Å². The number of hydrogen-bond donors (Lipinski definition) is 1. The second-order valence-corrected chi connectivity index (χ2v) is 5.23. The zero-order valence-corrected chi connectivity index (χ0v) is 12.4. The number of hydrogen-bond acceptors (Lipinski definition) is 2. The number of anilines is 2. The van der Waals surface area contributed by atoms with Crippen molar-refractivity contribution < 1.29 is 0 Å². The molecule has 0 aromatic heterocycles. The summed E-state index contributed by atoms with van der Waals surface area (Å²) in [4.78, 5) is 0. The molecule has 0 spiro atoms. The minimum Gasteiger partial charge on any atom is -0.355 e. The van der Waals surface area contributed by atoms with Gasteiger partial charge in [0.05, 0.1) is 17.3 Å². The molecule has 0 saturated heterocycles. The minimum absolute atomic E-state index is 0.649. The Hall–Kier alpha value is -1.79. The number of nitrogens with one attached hydrogen (secondary N) is 1. The van der Waals surface area contributed by atoms with Crippen molar-refractivity contribution >= 4 is 27.3 Å². The third-order valence-electron chi connectivity index (χ3n) is 2.87. The molecule has 0 bridgehead atoms. The average molecular weight is 315 g/mol. The second-order valence-electron chi connectivity index (χ2n) is 4.38. The fourth-order valence-electron chi connectivity index (χ4n) is 1.88. The molecule has 0 fully saturated rings. The van der Waals surface area contributed by atoms with Crippen LogP contribution in [0.4, 0.5) is 11.4 Å². The van der Waals surface area contributed by atoms with Crippen LogP contribution in [0.2, 0.25) is 0 Å². The lowest BCUT2D eigenvalue weighted by Crippen LogP contribution is -1.92. The summed E-state index contributed by atoms with van der Waals surface area (Å²) in [5.41, 5.74) is 4.01. The van der Waals surface area contributed by atoms with Crippen LogP contribution in [0, 0.1) is 11.3 Å². The van der Waals surface area contributed by atoms with E-state index in [1.165, 1.54) is 5.56 Å². The van der Waals surface area contributed by atoms with Gasteiger partial charge < -0.3 is 5.32 Å². The van der Waals surface area contributed by atoms with Crippen molar-refractivity contribution in [1.29, 1.82) is 5.26 Å². The van der Waals surface area contributed by atoms with Crippen LogP contribution in [0.15, 0.2) is 46.9 Å². The van der Waals surface area contributed by atoms with Crippen molar-refractivity contribution in [1.82, 2.24) is 0 Å². The highest BCUT2D eigenvalue weighted by Gasteiger charge is 2.02. The molecule has 2 aromatic carbocycles. The molecule has 0 aliphatic rings. The Morgan fingerprint density at radius 1 is 1.16 bits per heavy atom. The van der Waals surface area contributed by atoms with Gasteiger partial charge in [0.1, 0.15) is 0 Å². The lowest BCUT2D eigenvalue weighted by molar-refractivity contribution is 0.922. The average Bonchev–Trinajstić information content (AvgIpc) is 2.43. The fraction of sp³-hybridized carbons (Fsp3) is 0.188. The van der Waals surface area contributed by atoms with Crippen LogP contribution < -0.4 is 5.32 Å². The largest absolute Gasteiger partial charge is 0.355 e. The molecular formula is C16H15BrN2. The van der Waals surface area contributed by atoms with Gasteiger partial charge in [-0.25, -0.2) is 0 Å². The van der Waals surface area contributed by atoms with Gasteiger partial charge in [0, 0.05) is 10.2 Å². The highest BCUT2D eigenvalue weighted by molar-refractivity contribution is 9.10. The fourth-order valence-corrected chi connectivity index (χ4v) is 2.36. The molecule has 0 atom stereocenters. The van der Waals surface area contributed by atoms with Crippen molar-refractivity contribution in [3.8, 4) is 6.07 Å². The van der Waals surface area contributed by atoms with Gasteiger partial charge >= 0.3 is 0 Å². The Balaban J connectivity index is 2.15. The number of nitriles is 1. The number of nitrogens with zero attached hydrogens (tertiary/aromatic N) is 1. The topological polar surface area (TPSA) is 35.8 Å². The molecule has 0 radical (unpaired) electrons. The smallest absolute Gasteiger partial charge is 0.0992 e. The number of halogens is 1. The first-order chi connectivity index (χ1) is 9.22. The molecule has 2 nitrogen and oxygen atoms in total. The molecule has 3 heteroatoms. The van der Waals surface area contributed by atoms with Gasteiger partial charge in [-0.2, -0.15) is 5.26 Å². The summed E-state index contributed by atoms with van der Waals surface area (Å²) < 4.78 is 0.893. The summed E-state index contributed by atoms with van der Waals surface area (Å²) in [6.45, 7) is 2.18. The summed E-state index contributed by atoms with van der Waals surface area (Å²) >= 11 is 3.47. The monoisotopic (exact) mass is 314 g/mol. The van der Waals surface area contributed by atoms with E-state index in [2.05, 4.69) is 58.5 Å². The molecule has 0 unspecified atom stereocenters. The third kappa shape index (κ3) is 3.59. The Labute approximate surface area is 122 Å². The molecule has 2 aromatic rings. The zero-order valence-electron chi connectivity index (χ0n) is 10.8. The van der Waals surface area contributed by atoms with E-state index < -0.39 is 0 Å². The van der Waals surface area contributed by atoms with Crippen LogP contribution in [0.5, 0.6) is 0 Å². The highest BCUT2D eigenvalue weighted by Crippen LogP contribution is 2.27. The predicted octanol–water partition coefficient (Wildman–Crippen LogP) is 5.02. The summed E-state index contributed by atoms with van der Waals surface area (Å²) in [7, 11) is 0. The van der Waals surface area contributed by atoms with Crippen LogP contribution in [0.25, 0.3) is 0 Å². The lowest BCUT2D eigenvalue weighted by atomic mass is 10.1.